The quantitative estimate of drug-likeness (QED) is 0.634. The van der Waals surface area contributed by atoms with Crippen LogP contribution < -0.4 is 11.3 Å². The van der Waals surface area contributed by atoms with Crippen LogP contribution in [-0.4, -0.2) is 11.0 Å². The topological polar surface area (TPSA) is 50.9 Å². The third-order valence-electron chi connectivity index (χ3n) is 2.84. The molecule has 2 heterocycles. The van der Waals surface area contributed by atoms with Crippen molar-refractivity contribution >= 4 is 27.3 Å². The maximum Gasteiger partial charge on any atom is 0.0285 e. The van der Waals surface area contributed by atoms with Gasteiger partial charge in [0.15, 0.2) is 0 Å². The van der Waals surface area contributed by atoms with Gasteiger partial charge in [0.2, 0.25) is 0 Å². The second-order valence-electron chi connectivity index (χ2n) is 4.19. The van der Waals surface area contributed by atoms with Crippen molar-refractivity contribution in [2.24, 2.45) is 5.84 Å². The minimum absolute atomic E-state index is 0.309. The van der Waals surface area contributed by atoms with Crippen LogP contribution >= 0.6 is 27.3 Å². The van der Waals surface area contributed by atoms with Gasteiger partial charge in [-0.25, -0.2) is 0 Å². The molecular weight excluding hydrogens is 310 g/mol. The molecule has 0 saturated carbocycles. The van der Waals surface area contributed by atoms with Crippen molar-refractivity contribution < 1.29 is 0 Å². The van der Waals surface area contributed by atoms with Crippen molar-refractivity contribution in [3.8, 4) is 0 Å². The van der Waals surface area contributed by atoms with Gasteiger partial charge >= 0.3 is 0 Å². The van der Waals surface area contributed by atoms with Crippen molar-refractivity contribution in [3.63, 3.8) is 0 Å². The molecule has 18 heavy (non-hydrogen) atoms. The molecule has 1 unspecified atom stereocenters. The molecule has 5 heteroatoms. The van der Waals surface area contributed by atoms with Gasteiger partial charge in [0.25, 0.3) is 0 Å². The zero-order valence-electron chi connectivity index (χ0n) is 9.97. The molecule has 1 atom stereocenters. The number of nitrogens with zero attached hydrogens (tertiary/aromatic N) is 1. The SMILES string of the molecule is NNC(CCc1ccncc1)Cc1cc(Br)cs1. The van der Waals surface area contributed by atoms with Crippen LogP contribution in [0.4, 0.5) is 0 Å². The van der Waals surface area contributed by atoms with Gasteiger partial charge in [-0.1, -0.05) is 0 Å². The molecule has 0 aliphatic carbocycles. The van der Waals surface area contributed by atoms with Crippen molar-refractivity contribution in [2.75, 3.05) is 0 Å². The molecule has 0 amide bonds. The molecule has 0 radical (unpaired) electrons. The summed E-state index contributed by atoms with van der Waals surface area (Å²) in [7, 11) is 0. The first-order chi connectivity index (χ1) is 8.78. The van der Waals surface area contributed by atoms with Gasteiger partial charge < -0.3 is 0 Å². The fourth-order valence-electron chi connectivity index (χ4n) is 1.84. The lowest BCUT2D eigenvalue weighted by Crippen LogP contribution is -2.36. The number of nitrogens with two attached hydrogens (primary N) is 1. The predicted molar refractivity (Wildman–Crippen MR) is 79.4 cm³/mol. The molecule has 3 nitrogen and oxygen atoms in total. The van der Waals surface area contributed by atoms with Crippen LogP contribution in [0.25, 0.3) is 0 Å². The zero-order chi connectivity index (χ0) is 12.8. The van der Waals surface area contributed by atoms with Crippen LogP contribution in [0.1, 0.15) is 16.9 Å². The maximum atomic E-state index is 5.62. The summed E-state index contributed by atoms with van der Waals surface area (Å²) in [6.07, 6.45) is 6.67. The summed E-state index contributed by atoms with van der Waals surface area (Å²) in [5.74, 6) is 5.62. The standard InChI is InChI=1S/C13H16BrN3S/c14-11-7-13(18-9-11)8-12(17-15)2-1-10-3-5-16-6-4-10/h3-7,9,12,17H,1-2,8,15H2. The average molecular weight is 326 g/mol. The Morgan fingerprint density at radius 1 is 1.39 bits per heavy atom. The lowest BCUT2D eigenvalue weighted by Gasteiger charge is -2.14. The van der Waals surface area contributed by atoms with Crippen LogP contribution in [0.15, 0.2) is 40.4 Å². The fourth-order valence-corrected chi connectivity index (χ4v) is 3.37. The first-order valence-corrected chi connectivity index (χ1v) is 7.53. The van der Waals surface area contributed by atoms with E-state index >= 15 is 0 Å². The lowest BCUT2D eigenvalue weighted by molar-refractivity contribution is 0.494. The van der Waals surface area contributed by atoms with Crippen molar-refractivity contribution in [3.05, 3.63) is 50.9 Å². The Bertz CT molecular complexity index is 472. The number of rotatable bonds is 6. The monoisotopic (exact) mass is 325 g/mol. The molecule has 0 bridgehead atoms. The van der Waals surface area contributed by atoms with Crippen LogP contribution in [-0.2, 0) is 12.8 Å². The smallest absolute Gasteiger partial charge is 0.0285 e. The van der Waals surface area contributed by atoms with E-state index in [1.807, 2.05) is 12.4 Å². The third kappa shape index (κ3) is 4.17. The third-order valence-corrected chi connectivity index (χ3v) is 4.56. The molecule has 96 valence electrons. The van der Waals surface area contributed by atoms with Gasteiger partial charge in [0, 0.05) is 33.2 Å². The molecule has 3 N–H and O–H groups in total. The van der Waals surface area contributed by atoms with Gasteiger partial charge in [-0.3, -0.25) is 16.3 Å². The second-order valence-corrected chi connectivity index (χ2v) is 6.10. The number of halogens is 1. The van der Waals surface area contributed by atoms with Gasteiger partial charge in [0.05, 0.1) is 0 Å². The molecule has 2 rings (SSSR count). The highest BCUT2D eigenvalue weighted by Crippen LogP contribution is 2.21. The molecule has 0 fully saturated rings. The van der Waals surface area contributed by atoms with E-state index < -0.39 is 0 Å². The number of pyridine rings is 1. The summed E-state index contributed by atoms with van der Waals surface area (Å²) in [4.78, 5) is 5.37. The van der Waals surface area contributed by atoms with E-state index in [1.54, 1.807) is 11.3 Å². The average Bonchev–Trinajstić information content (AvgIpc) is 2.81. The number of aromatic nitrogens is 1. The maximum absolute atomic E-state index is 5.62. The number of hydrogen-bond acceptors (Lipinski definition) is 4. The first-order valence-electron chi connectivity index (χ1n) is 5.86. The van der Waals surface area contributed by atoms with Gasteiger partial charge in [-0.15, -0.1) is 11.3 Å². The summed E-state index contributed by atoms with van der Waals surface area (Å²) < 4.78 is 1.15. The van der Waals surface area contributed by atoms with Crippen molar-refractivity contribution in [1.29, 1.82) is 0 Å². The van der Waals surface area contributed by atoms with E-state index in [1.165, 1.54) is 10.4 Å². The summed E-state index contributed by atoms with van der Waals surface area (Å²) in [5, 5.41) is 2.10. The Hall–Kier alpha value is -0.750. The van der Waals surface area contributed by atoms with E-state index in [-0.39, 0.29) is 0 Å². The Labute approximate surface area is 120 Å². The second kappa shape index (κ2) is 6.99. The van der Waals surface area contributed by atoms with E-state index in [0.29, 0.717) is 6.04 Å². The summed E-state index contributed by atoms with van der Waals surface area (Å²) in [6.45, 7) is 0. The number of thiophene rings is 1. The van der Waals surface area contributed by atoms with Gasteiger partial charge in [-0.05, 0) is 59.0 Å². The molecule has 0 aliphatic rings. The predicted octanol–water partition coefficient (Wildman–Crippen LogP) is 2.91. The minimum Gasteiger partial charge on any atom is -0.271 e. The highest BCUT2D eigenvalue weighted by molar-refractivity contribution is 9.10. The number of hydrazine groups is 1. The minimum atomic E-state index is 0.309. The fraction of sp³-hybridized carbons (Fsp3) is 0.308. The first kappa shape index (κ1) is 13.7. The Balaban J connectivity index is 1.86. The van der Waals surface area contributed by atoms with E-state index in [9.17, 15) is 0 Å². The van der Waals surface area contributed by atoms with E-state index in [4.69, 9.17) is 5.84 Å². The molecule has 2 aromatic rings. The summed E-state index contributed by atoms with van der Waals surface area (Å²) >= 11 is 5.23. The van der Waals surface area contributed by atoms with Crippen molar-refractivity contribution in [2.45, 2.75) is 25.3 Å². The molecule has 0 aliphatic heterocycles. The Morgan fingerprint density at radius 3 is 2.78 bits per heavy atom. The van der Waals surface area contributed by atoms with Crippen LogP contribution in [0.5, 0.6) is 0 Å². The normalized spacial score (nSPS) is 12.6. The van der Waals surface area contributed by atoms with Crippen LogP contribution in [0.2, 0.25) is 0 Å². The molecular formula is C13H16BrN3S. The zero-order valence-corrected chi connectivity index (χ0v) is 12.4. The molecule has 0 saturated heterocycles. The Morgan fingerprint density at radius 2 is 2.17 bits per heavy atom. The molecule has 2 aromatic heterocycles. The van der Waals surface area contributed by atoms with E-state index in [2.05, 4.69) is 49.9 Å². The molecule has 0 aromatic carbocycles. The number of aryl methyl sites for hydroxylation is 1. The summed E-state index contributed by atoms with van der Waals surface area (Å²) in [6, 6.07) is 6.57. The lowest BCUT2D eigenvalue weighted by atomic mass is 10.0. The molecule has 0 spiro atoms. The van der Waals surface area contributed by atoms with Gasteiger partial charge in [0.1, 0.15) is 0 Å². The number of nitrogens with one attached hydrogen (secondary N) is 1. The van der Waals surface area contributed by atoms with Gasteiger partial charge in [-0.2, -0.15) is 0 Å². The largest absolute Gasteiger partial charge is 0.271 e. The highest BCUT2D eigenvalue weighted by atomic mass is 79.9. The van der Waals surface area contributed by atoms with Crippen molar-refractivity contribution in [1.82, 2.24) is 10.4 Å². The van der Waals surface area contributed by atoms with E-state index in [0.717, 1.165) is 23.7 Å². The van der Waals surface area contributed by atoms with Crippen LogP contribution in [0.3, 0.4) is 0 Å². The summed E-state index contributed by atoms with van der Waals surface area (Å²) in [5.41, 5.74) is 4.21. The van der Waals surface area contributed by atoms with Crippen LogP contribution in [0, 0.1) is 0 Å². The highest BCUT2D eigenvalue weighted by Gasteiger charge is 2.09. The number of hydrogen-bond donors (Lipinski definition) is 2. The Kier molecular flexibility index (Phi) is 5.31.